The van der Waals surface area contributed by atoms with E-state index >= 15 is 0 Å². The zero-order chi connectivity index (χ0) is 15.8. The minimum Gasteiger partial charge on any atom is -0.486 e. The Hall–Kier alpha value is -1.39. The van der Waals surface area contributed by atoms with Gasteiger partial charge in [0, 0.05) is 0 Å². The fraction of sp³-hybridized carbons (Fsp3) is 0.471. The molecule has 2 rings (SSSR count). The monoisotopic (exact) mass is 305 g/mol. The molecule has 0 aliphatic carbocycles. The number of nitrogens with zero attached hydrogens (tertiary/aromatic N) is 1. The van der Waals surface area contributed by atoms with Crippen molar-refractivity contribution in [3.05, 3.63) is 44.4 Å². The Morgan fingerprint density at radius 1 is 1.19 bits per heavy atom. The second-order valence-corrected chi connectivity index (χ2v) is 7.16. The van der Waals surface area contributed by atoms with Gasteiger partial charge in [-0.25, -0.2) is 4.98 Å². The highest BCUT2D eigenvalue weighted by atomic mass is 32.1. The summed E-state index contributed by atoms with van der Waals surface area (Å²) in [6.45, 7) is 12.2. The highest BCUT2D eigenvalue weighted by Gasteiger charge is 2.23. The molecule has 3 nitrogen and oxygen atoms in total. The molecule has 1 N–H and O–H groups in total. The summed E-state index contributed by atoms with van der Waals surface area (Å²) in [5.74, 6) is 0.908. The maximum Gasteiger partial charge on any atom is 0.140 e. The van der Waals surface area contributed by atoms with Gasteiger partial charge >= 0.3 is 0 Å². The van der Waals surface area contributed by atoms with Crippen LogP contribution < -0.4 is 4.74 Å². The standard InChI is InChI=1S/C17H23NO2S/c1-10-7-11(2)12(3)14(8-10)20-9-15-18-13(4)16(21-15)17(5,6)19/h7-8,19H,9H2,1-6H3. The van der Waals surface area contributed by atoms with Crippen LogP contribution in [-0.4, -0.2) is 10.1 Å². The van der Waals surface area contributed by atoms with Crippen molar-refractivity contribution < 1.29 is 9.84 Å². The van der Waals surface area contributed by atoms with E-state index in [2.05, 4.69) is 37.9 Å². The summed E-state index contributed by atoms with van der Waals surface area (Å²) in [5, 5.41) is 11.0. The lowest BCUT2D eigenvalue weighted by Crippen LogP contribution is -2.14. The highest BCUT2D eigenvalue weighted by Crippen LogP contribution is 2.30. The fourth-order valence-electron chi connectivity index (χ4n) is 2.37. The number of aryl methyl sites for hydroxylation is 3. The number of benzene rings is 1. The molecule has 0 aliphatic rings. The molecule has 1 aromatic heterocycles. The predicted octanol–water partition coefficient (Wildman–Crippen LogP) is 4.18. The molecule has 0 saturated heterocycles. The summed E-state index contributed by atoms with van der Waals surface area (Å²) in [6, 6.07) is 4.21. The summed E-state index contributed by atoms with van der Waals surface area (Å²) >= 11 is 1.51. The van der Waals surface area contributed by atoms with Crippen molar-refractivity contribution in [1.82, 2.24) is 4.98 Å². The molecule has 0 radical (unpaired) electrons. The second-order valence-electron chi connectivity index (χ2n) is 6.07. The molecule has 0 saturated carbocycles. The highest BCUT2D eigenvalue weighted by molar-refractivity contribution is 7.11. The summed E-state index contributed by atoms with van der Waals surface area (Å²) in [5.41, 5.74) is 3.62. The van der Waals surface area contributed by atoms with Gasteiger partial charge in [0.25, 0.3) is 0 Å². The maximum atomic E-state index is 10.1. The lowest BCUT2D eigenvalue weighted by atomic mass is 10.1. The molecule has 0 spiro atoms. The Balaban J connectivity index is 2.18. The van der Waals surface area contributed by atoms with Crippen molar-refractivity contribution in [1.29, 1.82) is 0 Å². The average molecular weight is 305 g/mol. The van der Waals surface area contributed by atoms with E-state index in [1.54, 1.807) is 13.8 Å². The van der Waals surface area contributed by atoms with Crippen LogP contribution in [0.1, 0.15) is 46.1 Å². The molecule has 2 aromatic rings. The van der Waals surface area contributed by atoms with Gasteiger partial charge in [0.1, 0.15) is 17.4 Å². The van der Waals surface area contributed by atoms with E-state index in [-0.39, 0.29) is 0 Å². The largest absolute Gasteiger partial charge is 0.486 e. The molecule has 1 aromatic carbocycles. The van der Waals surface area contributed by atoms with E-state index < -0.39 is 5.60 Å². The lowest BCUT2D eigenvalue weighted by molar-refractivity contribution is 0.0817. The minimum atomic E-state index is -0.851. The molecule has 1 heterocycles. The number of aliphatic hydroxyl groups is 1. The Morgan fingerprint density at radius 2 is 1.86 bits per heavy atom. The molecule has 114 valence electrons. The molecule has 0 atom stereocenters. The van der Waals surface area contributed by atoms with Crippen LogP contribution >= 0.6 is 11.3 Å². The van der Waals surface area contributed by atoms with E-state index in [0.717, 1.165) is 26.9 Å². The van der Waals surface area contributed by atoms with Crippen LogP contribution in [0.25, 0.3) is 0 Å². The molecule has 0 bridgehead atoms. The van der Waals surface area contributed by atoms with Crippen LogP contribution in [0.5, 0.6) is 5.75 Å². The van der Waals surface area contributed by atoms with Crippen LogP contribution in [-0.2, 0) is 12.2 Å². The van der Waals surface area contributed by atoms with Crippen molar-refractivity contribution in [2.45, 2.75) is 53.8 Å². The number of aromatic nitrogens is 1. The molecule has 0 aliphatic heterocycles. The second kappa shape index (κ2) is 5.78. The third-order valence-corrected chi connectivity index (χ3v) is 4.96. The van der Waals surface area contributed by atoms with E-state index in [0.29, 0.717) is 6.61 Å². The van der Waals surface area contributed by atoms with Gasteiger partial charge in [-0.2, -0.15) is 0 Å². The number of ether oxygens (including phenoxy) is 1. The summed E-state index contributed by atoms with van der Waals surface area (Å²) < 4.78 is 5.93. The Labute approximate surface area is 130 Å². The average Bonchev–Trinajstić information content (AvgIpc) is 2.73. The fourth-order valence-corrected chi connectivity index (χ4v) is 3.35. The zero-order valence-electron chi connectivity index (χ0n) is 13.6. The third kappa shape index (κ3) is 3.63. The van der Waals surface area contributed by atoms with Crippen LogP contribution in [0.2, 0.25) is 0 Å². The van der Waals surface area contributed by atoms with Crippen LogP contribution in [0.3, 0.4) is 0 Å². The van der Waals surface area contributed by atoms with E-state index in [1.807, 2.05) is 6.92 Å². The van der Waals surface area contributed by atoms with E-state index in [1.165, 1.54) is 22.5 Å². The first kappa shape index (κ1) is 16.0. The number of rotatable bonds is 4. The van der Waals surface area contributed by atoms with Crippen molar-refractivity contribution in [2.24, 2.45) is 0 Å². The topological polar surface area (TPSA) is 42.4 Å². The SMILES string of the molecule is Cc1cc(C)c(C)c(OCc2nc(C)c(C(C)(C)O)s2)c1. The molecule has 0 unspecified atom stereocenters. The van der Waals surface area contributed by atoms with Crippen molar-refractivity contribution in [2.75, 3.05) is 0 Å². The van der Waals surface area contributed by atoms with E-state index in [4.69, 9.17) is 4.74 Å². The van der Waals surface area contributed by atoms with Crippen molar-refractivity contribution in [3.8, 4) is 5.75 Å². The normalized spacial score (nSPS) is 11.8. The maximum absolute atomic E-state index is 10.1. The molecule has 0 amide bonds. The molecule has 4 heteroatoms. The Morgan fingerprint density at radius 3 is 2.43 bits per heavy atom. The Bertz CT molecular complexity index is 654. The van der Waals surface area contributed by atoms with Crippen LogP contribution in [0.4, 0.5) is 0 Å². The smallest absolute Gasteiger partial charge is 0.140 e. The summed E-state index contributed by atoms with van der Waals surface area (Å²) in [4.78, 5) is 5.40. The number of hydrogen-bond donors (Lipinski definition) is 1. The minimum absolute atomic E-state index is 0.436. The van der Waals surface area contributed by atoms with Crippen LogP contribution in [0.15, 0.2) is 12.1 Å². The van der Waals surface area contributed by atoms with Crippen molar-refractivity contribution >= 4 is 11.3 Å². The summed E-state index contributed by atoms with van der Waals surface area (Å²) in [6.07, 6.45) is 0. The van der Waals surface area contributed by atoms with Gasteiger partial charge in [-0.15, -0.1) is 11.3 Å². The quantitative estimate of drug-likeness (QED) is 0.921. The first-order valence-electron chi connectivity index (χ1n) is 7.08. The van der Waals surface area contributed by atoms with Crippen molar-refractivity contribution in [3.63, 3.8) is 0 Å². The number of thiazole rings is 1. The Kier molecular flexibility index (Phi) is 4.40. The molecule has 21 heavy (non-hydrogen) atoms. The van der Waals surface area contributed by atoms with Gasteiger partial charge in [0.15, 0.2) is 0 Å². The first-order chi connectivity index (χ1) is 9.68. The van der Waals surface area contributed by atoms with Gasteiger partial charge in [-0.05, 0) is 64.3 Å². The summed E-state index contributed by atoms with van der Waals surface area (Å²) in [7, 11) is 0. The predicted molar refractivity (Wildman–Crippen MR) is 87.1 cm³/mol. The third-order valence-electron chi connectivity index (χ3n) is 3.51. The molecular weight excluding hydrogens is 282 g/mol. The van der Waals surface area contributed by atoms with Gasteiger partial charge < -0.3 is 9.84 Å². The van der Waals surface area contributed by atoms with E-state index in [9.17, 15) is 5.11 Å². The van der Waals surface area contributed by atoms with Crippen LogP contribution in [0, 0.1) is 27.7 Å². The first-order valence-corrected chi connectivity index (χ1v) is 7.90. The van der Waals surface area contributed by atoms with Gasteiger partial charge in [0.05, 0.1) is 16.2 Å². The molecule has 0 fully saturated rings. The zero-order valence-corrected chi connectivity index (χ0v) is 14.4. The molecular formula is C17H23NO2S. The lowest BCUT2D eigenvalue weighted by Gasteiger charge is -2.15. The number of hydrogen-bond acceptors (Lipinski definition) is 4. The van der Waals surface area contributed by atoms with Gasteiger partial charge in [-0.1, -0.05) is 6.07 Å². The van der Waals surface area contributed by atoms with Gasteiger partial charge in [0.2, 0.25) is 0 Å². The van der Waals surface area contributed by atoms with Gasteiger partial charge in [-0.3, -0.25) is 0 Å².